The zero-order valence-electron chi connectivity index (χ0n) is 10.6. The smallest absolute Gasteiger partial charge is 0.246 e. The van der Waals surface area contributed by atoms with Crippen LogP contribution >= 0.6 is 23.2 Å². The van der Waals surface area contributed by atoms with E-state index >= 15 is 0 Å². The van der Waals surface area contributed by atoms with Crippen LogP contribution in [0.5, 0.6) is 0 Å². The molecule has 0 saturated carbocycles. The van der Waals surface area contributed by atoms with Crippen LogP contribution in [0.3, 0.4) is 0 Å². The van der Waals surface area contributed by atoms with Crippen LogP contribution in [-0.4, -0.2) is 15.0 Å². The molecule has 0 amide bonds. The molecule has 0 aliphatic carbocycles. The summed E-state index contributed by atoms with van der Waals surface area (Å²) in [6.45, 7) is 3.63. The van der Waals surface area contributed by atoms with Crippen molar-refractivity contribution in [3.63, 3.8) is 0 Å². The fourth-order valence-electron chi connectivity index (χ4n) is 1.69. The van der Waals surface area contributed by atoms with Gasteiger partial charge >= 0.3 is 0 Å². The van der Waals surface area contributed by atoms with Gasteiger partial charge in [0.25, 0.3) is 0 Å². The Bertz CT molecular complexity index is 718. The number of aromatic nitrogens is 3. The van der Waals surface area contributed by atoms with E-state index in [0.717, 1.165) is 11.4 Å². The molecule has 102 valence electrons. The molecule has 0 radical (unpaired) electrons. The third kappa shape index (κ3) is 2.30. The molecule has 0 spiro atoms. The Kier molecular flexibility index (Phi) is 3.23. The van der Waals surface area contributed by atoms with Crippen molar-refractivity contribution in [2.45, 2.75) is 13.8 Å². The maximum atomic E-state index is 6.14. The van der Waals surface area contributed by atoms with Crippen molar-refractivity contribution in [2.75, 3.05) is 0 Å². The number of halogens is 2. The summed E-state index contributed by atoms with van der Waals surface area (Å²) >= 11 is 12.3. The summed E-state index contributed by atoms with van der Waals surface area (Å²) in [6, 6.07) is 1.57. The molecule has 3 aromatic rings. The van der Waals surface area contributed by atoms with Crippen molar-refractivity contribution >= 4 is 23.2 Å². The van der Waals surface area contributed by atoms with Gasteiger partial charge in [-0.25, -0.2) is 15.0 Å². The topological polar surface area (TPSA) is 65.0 Å². The summed E-state index contributed by atoms with van der Waals surface area (Å²) in [5, 5.41) is 0.702. The quantitative estimate of drug-likeness (QED) is 0.705. The molecule has 3 aromatic heterocycles. The first-order valence-electron chi connectivity index (χ1n) is 5.75. The normalized spacial score (nSPS) is 11.0. The van der Waals surface area contributed by atoms with E-state index in [4.69, 9.17) is 32.0 Å². The highest BCUT2D eigenvalue weighted by atomic mass is 35.5. The summed E-state index contributed by atoms with van der Waals surface area (Å²) < 4.78 is 10.6. The van der Waals surface area contributed by atoms with Crippen molar-refractivity contribution in [2.24, 2.45) is 0 Å². The molecule has 3 heterocycles. The summed E-state index contributed by atoms with van der Waals surface area (Å²) in [7, 11) is 0. The SMILES string of the molecule is Cc1coc(-c2nc(-c3nc(C)co3)c(Cl)cc2Cl)n1. The number of pyridine rings is 1. The lowest BCUT2D eigenvalue weighted by Crippen LogP contribution is -1.92. The van der Waals surface area contributed by atoms with E-state index < -0.39 is 0 Å². The predicted octanol–water partition coefficient (Wildman–Crippen LogP) is 4.32. The molecule has 0 aromatic carbocycles. The van der Waals surface area contributed by atoms with E-state index in [0.29, 0.717) is 33.2 Å². The number of rotatable bonds is 2. The van der Waals surface area contributed by atoms with Crippen molar-refractivity contribution in [3.8, 4) is 23.2 Å². The van der Waals surface area contributed by atoms with Gasteiger partial charge in [-0.1, -0.05) is 23.2 Å². The van der Waals surface area contributed by atoms with Crippen LogP contribution in [0, 0.1) is 13.8 Å². The van der Waals surface area contributed by atoms with Gasteiger partial charge in [-0.3, -0.25) is 0 Å². The number of hydrogen-bond donors (Lipinski definition) is 0. The first-order valence-corrected chi connectivity index (χ1v) is 6.51. The van der Waals surface area contributed by atoms with Crippen LogP contribution in [0.25, 0.3) is 23.2 Å². The molecule has 20 heavy (non-hydrogen) atoms. The predicted molar refractivity (Wildman–Crippen MR) is 74.7 cm³/mol. The molecule has 0 bridgehead atoms. The maximum Gasteiger partial charge on any atom is 0.246 e. The van der Waals surface area contributed by atoms with Crippen LogP contribution in [0.1, 0.15) is 11.4 Å². The molecule has 3 rings (SSSR count). The molecule has 0 N–H and O–H groups in total. The highest BCUT2D eigenvalue weighted by molar-refractivity contribution is 6.37. The Balaban J connectivity index is 2.17. The van der Waals surface area contributed by atoms with Gasteiger partial charge in [0.05, 0.1) is 21.4 Å². The van der Waals surface area contributed by atoms with E-state index in [9.17, 15) is 0 Å². The second-order valence-corrected chi connectivity index (χ2v) is 5.05. The molecular formula is C13H9Cl2N3O2. The molecule has 0 unspecified atom stereocenters. The third-order valence-corrected chi connectivity index (χ3v) is 3.15. The fraction of sp³-hybridized carbons (Fsp3) is 0.154. The Morgan fingerprint density at radius 1 is 0.800 bits per heavy atom. The minimum atomic E-state index is 0.327. The maximum absolute atomic E-state index is 6.14. The standard InChI is InChI=1S/C13H9Cl2N3O2/c1-6-4-19-12(16-6)10-8(14)3-9(15)11(18-10)13-17-7(2)5-20-13/h3-5H,1-2H3. The molecule has 0 aliphatic heterocycles. The Labute approximate surface area is 124 Å². The Hall–Kier alpha value is -1.85. The lowest BCUT2D eigenvalue weighted by molar-refractivity contribution is 0.566. The van der Waals surface area contributed by atoms with Crippen molar-refractivity contribution in [1.29, 1.82) is 0 Å². The Morgan fingerprint density at radius 3 is 1.60 bits per heavy atom. The first kappa shape index (κ1) is 13.1. The second-order valence-electron chi connectivity index (χ2n) is 4.24. The molecule has 0 fully saturated rings. The van der Waals surface area contributed by atoms with Gasteiger partial charge in [-0.2, -0.15) is 0 Å². The first-order chi connectivity index (χ1) is 9.54. The number of nitrogens with zero attached hydrogens (tertiary/aromatic N) is 3. The summed E-state index contributed by atoms with van der Waals surface area (Å²) in [6.07, 6.45) is 3.05. The lowest BCUT2D eigenvalue weighted by atomic mass is 10.3. The van der Waals surface area contributed by atoms with E-state index in [2.05, 4.69) is 15.0 Å². The highest BCUT2D eigenvalue weighted by Gasteiger charge is 2.18. The average Bonchev–Trinajstić information content (AvgIpc) is 2.99. The van der Waals surface area contributed by atoms with Gasteiger partial charge in [0.15, 0.2) is 0 Å². The minimum Gasteiger partial charge on any atom is -0.443 e. The highest BCUT2D eigenvalue weighted by Crippen LogP contribution is 2.34. The molecule has 0 aliphatic rings. The van der Waals surface area contributed by atoms with E-state index in [-0.39, 0.29) is 0 Å². The van der Waals surface area contributed by atoms with E-state index in [1.54, 1.807) is 6.07 Å². The van der Waals surface area contributed by atoms with Crippen molar-refractivity contribution in [3.05, 3.63) is 40.0 Å². The van der Waals surface area contributed by atoms with Crippen LogP contribution in [0.4, 0.5) is 0 Å². The van der Waals surface area contributed by atoms with Crippen molar-refractivity contribution in [1.82, 2.24) is 15.0 Å². The Morgan fingerprint density at radius 2 is 1.25 bits per heavy atom. The van der Waals surface area contributed by atoms with Gasteiger partial charge in [0, 0.05) is 0 Å². The molecule has 7 heteroatoms. The second kappa shape index (κ2) is 4.92. The van der Waals surface area contributed by atoms with Crippen LogP contribution in [-0.2, 0) is 0 Å². The lowest BCUT2D eigenvalue weighted by Gasteiger charge is -2.04. The van der Waals surface area contributed by atoms with Crippen LogP contribution < -0.4 is 0 Å². The number of hydrogen-bond acceptors (Lipinski definition) is 5. The zero-order valence-corrected chi connectivity index (χ0v) is 12.2. The van der Waals surface area contributed by atoms with E-state index in [1.807, 2.05) is 13.8 Å². The summed E-state index contributed by atoms with van der Waals surface area (Å²) in [5.74, 6) is 0.655. The summed E-state index contributed by atoms with van der Waals surface area (Å²) in [5.41, 5.74) is 2.27. The summed E-state index contributed by atoms with van der Waals surface area (Å²) in [4.78, 5) is 12.8. The van der Waals surface area contributed by atoms with Gasteiger partial charge in [-0.05, 0) is 19.9 Å². The number of aryl methyl sites for hydroxylation is 2. The zero-order chi connectivity index (χ0) is 14.3. The van der Waals surface area contributed by atoms with Crippen LogP contribution in [0.2, 0.25) is 10.0 Å². The van der Waals surface area contributed by atoms with Gasteiger partial charge in [0.1, 0.15) is 23.9 Å². The largest absolute Gasteiger partial charge is 0.443 e. The van der Waals surface area contributed by atoms with Gasteiger partial charge < -0.3 is 8.83 Å². The van der Waals surface area contributed by atoms with Crippen LogP contribution in [0.15, 0.2) is 27.4 Å². The molecule has 0 atom stereocenters. The monoisotopic (exact) mass is 309 g/mol. The fourth-order valence-corrected chi connectivity index (χ4v) is 2.21. The van der Waals surface area contributed by atoms with Crippen molar-refractivity contribution < 1.29 is 8.83 Å². The van der Waals surface area contributed by atoms with Gasteiger partial charge in [-0.15, -0.1) is 0 Å². The molecular weight excluding hydrogens is 301 g/mol. The third-order valence-electron chi connectivity index (χ3n) is 2.57. The number of oxazole rings is 2. The average molecular weight is 310 g/mol. The molecule has 5 nitrogen and oxygen atoms in total. The minimum absolute atomic E-state index is 0.327. The van der Waals surface area contributed by atoms with Gasteiger partial charge in [0.2, 0.25) is 11.8 Å². The van der Waals surface area contributed by atoms with E-state index in [1.165, 1.54) is 12.5 Å². The molecule has 0 saturated heterocycles.